The molecule has 0 saturated heterocycles. The van der Waals surface area contributed by atoms with Crippen molar-refractivity contribution in [1.82, 2.24) is 4.98 Å². The molecule has 0 aliphatic carbocycles. The highest BCUT2D eigenvalue weighted by Gasteiger charge is 2.02. The van der Waals surface area contributed by atoms with Crippen LogP contribution in [0.2, 0.25) is 5.02 Å². The van der Waals surface area contributed by atoms with Crippen LogP contribution in [0.5, 0.6) is 0 Å². The average Bonchev–Trinajstić information content (AvgIpc) is 2.06. The summed E-state index contributed by atoms with van der Waals surface area (Å²) in [4.78, 5) is 4.33. The van der Waals surface area contributed by atoms with Crippen molar-refractivity contribution in [3.8, 4) is 0 Å². The Hall–Kier alpha value is -0.120. The van der Waals surface area contributed by atoms with Gasteiger partial charge in [0, 0.05) is 14.9 Å². The van der Waals surface area contributed by atoms with Gasteiger partial charge >= 0.3 is 0 Å². The summed E-state index contributed by atoms with van der Waals surface area (Å²) in [7, 11) is 0. The van der Waals surface area contributed by atoms with Gasteiger partial charge in [-0.25, -0.2) is 4.98 Å². The molecular formula is C9H4Br2ClN. The van der Waals surface area contributed by atoms with Crippen molar-refractivity contribution in [3.63, 3.8) is 0 Å². The highest BCUT2D eigenvalue weighted by Crippen LogP contribution is 2.27. The number of halogens is 3. The van der Waals surface area contributed by atoms with Gasteiger partial charge in [0.1, 0.15) is 4.60 Å². The molecule has 2 aromatic rings. The van der Waals surface area contributed by atoms with Gasteiger partial charge in [-0.1, -0.05) is 17.7 Å². The Balaban J connectivity index is 2.87. The van der Waals surface area contributed by atoms with Crippen LogP contribution in [-0.2, 0) is 0 Å². The monoisotopic (exact) mass is 319 g/mol. The van der Waals surface area contributed by atoms with Crippen LogP contribution in [0, 0.1) is 0 Å². The van der Waals surface area contributed by atoms with Crippen LogP contribution in [0.3, 0.4) is 0 Å². The third-order valence-corrected chi connectivity index (χ3v) is 2.94. The third kappa shape index (κ3) is 1.87. The Morgan fingerprint density at radius 2 is 1.92 bits per heavy atom. The first kappa shape index (κ1) is 9.44. The minimum atomic E-state index is 0.712. The zero-order chi connectivity index (χ0) is 9.42. The van der Waals surface area contributed by atoms with Crippen molar-refractivity contribution in [2.24, 2.45) is 0 Å². The lowest BCUT2D eigenvalue weighted by molar-refractivity contribution is 1.34. The van der Waals surface area contributed by atoms with Crippen LogP contribution in [0.1, 0.15) is 0 Å². The maximum Gasteiger partial charge on any atom is 0.106 e. The lowest BCUT2D eigenvalue weighted by Gasteiger charge is -2.01. The summed E-state index contributed by atoms with van der Waals surface area (Å²) in [5.41, 5.74) is 0.916. The van der Waals surface area contributed by atoms with Crippen molar-refractivity contribution >= 4 is 54.4 Å². The number of aromatic nitrogens is 1. The number of pyridine rings is 1. The number of fused-ring (bicyclic) bond motifs is 1. The Labute approximate surface area is 97.4 Å². The van der Waals surface area contributed by atoms with Crippen LogP contribution < -0.4 is 0 Å². The minimum Gasteiger partial charge on any atom is -0.240 e. The van der Waals surface area contributed by atoms with E-state index in [1.54, 1.807) is 0 Å². The first-order chi connectivity index (χ1) is 6.16. The first-order valence-corrected chi connectivity index (χ1v) is 5.54. The van der Waals surface area contributed by atoms with E-state index in [9.17, 15) is 0 Å². The fourth-order valence-electron chi connectivity index (χ4n) is 1.13. The number of nitrogens with zero attached hydrogens (tertiary/aromatic N) is 1. The summed E-state index contributed by atoms with van der Waals surface area (Å²) >= 11 is 12.6. The molecule has 0 radical (unpaired) electrons. The van der Waals surface area contributed by atoms with Crippen LogP contribution >= 0.6 is 43.5 Å². The molecule has 0 fully saturated rings. The fourth-order valence-corrected chi connectivity index (χ4v) is 2.37. The smallest absolute Gasteiger partial charge is 0.106 e. The summed E-state index contributed by atoms with van der Waals surface area (Å²) in [6.07, 6.45) is 0. The van der Waals surface area contributed by atoms with E-state index in [1.807, 2.05) is 24.3 Å². The predicted molar refractivity (Wildman–Crippen MR) is 62.2 cm³/mol. The van der Waals surface area contributed by atoms with Gasteiger partial charge in [-0.2, -0.15) is 0 Å². The Kier molecular flexibility index (Phi) is 2.58. The van der Waals surface area contributed by atoms with E-state index in [2.05, 4.69) is 36.8 Å². The van der Waals surface area contributed by atoms with E-state index in [4.69, 9.17) is 11.6 Å². The SMILES string of the molecule is Clc1cc(Br)c2nc(Br)ccc2c1. The Morgan fingerprint density at radius 1 is 1.15 bits per heavy atom. The molecular weight excluding hydrogens is 317 g/mol. The molecule has 0 atom stereocenters. The Morgan fingerprint density at radius 3 is 2.69 bits per heavy atom. The zero-order valence-corrected chi connectivity index (χ0v) is 10.3. The quantitative estimate of drug-likeness (QED) is 0.655. The summed E-state index contributed by atoms with van der Waals surface area (Å²) in [5.74, 6) is 0. The standard InChI is InChI=1S/C9H4Br2ClN/c10-7-4-6(12)3-5-1-2-8(11)13-9(5)7/h1-4H. The molecule has 0 amide bonds. The van der Waals surface area contributed by atoms with E-state index in [0.717, 1.165) is 20.0 Å². The molecule has 0 aliphatic rings. The van der Waals surface area contributed by atoms with Gasteiger partial charge in [0.15, 0.2) is 0 Å². The first-order valence-electron chi connectivity index (χ1n) is 3.58. The zero-order valence-electron chi connectivity index (χ0n) is 6.39. The molecule has 0 unspecified atom stereocenters. The fraction of sp³-hybridized carbons (Fsp3) is 0. The van der Waals surface area contributed by atoms with Crippen molar-refractivity contribution in [2.75, 3.05) is 0 Å². The molecule has 0 bridgehead atoms. The van der Waals surface area contributed by atoms with Gasteiger partial charge in [-0.15, -0.1) is 0 Å². The average molecular weight is 321 g/mol. The van der Waals surface area contributed by atoms with Crippen LogP contribution in [0.4, 0.5) is 0 Å². The molecule has 13 heavy (non-hydrogen) atoms. The Bertz CT molecular complexity index is 470. The lowest BCUT2D eigenvalue weighted by Crippen LogP contribution is -1.81. The van der Waals surface area contributed by atoms with Gasteiger partial charge in [0.25, 0.3) is 0 Å². The molecule has 66 valence electrons. The van der Waals surface area contributed by atoms with Crippen LogP contribution in [0.15, 0.2) is 33.3 Å². The van der Waals surface area contributed by atoms with Gasteiger partial charge in [0.05, 0.1) is 5.52 Å². The summed E-state index contributed by atoms with van der Waals surface area (Å²) in [6.45, 7) is 0. The molecule has 0 spiro atoms. The third-order valence-electron chi connectivity index (χ3n) is 1.68. The van der Waals surface area contributed by atoms with Crippen molar-refractivity contribution < 1.29 is 0 Å². The maximum atomic E-state index is 5.89. The van der Waals surface area contributed by atoms with Crippen molar-refractivity contribution in [1.29, 1.82) is 0 Å². The highest BCUT2D eigenvalue weighted by atomic mass is 79.9. The largest absolute Gasteiger partial charge is 0.240 e. The number of hydrogen-bond donors (Lipinski definition) is 0. The maximum absolute atomic E-state index is 5.89. The molecule has 0 aliphatic heterocycles. The van der Waals surface area contributed by atoms with Crippen molar-refractivity contribution in [3.05, 3.63) is 38.4 Å². The minimum absolute atomic E-state index is 0.712. The molecule has 1 aromatic carbocycles. The second-order valence-corrected chi connectivity index (χ2v) is 4.70. The highest BCUT2D eigenvalue weighted by molar-refractivity contribution is 9.11. The summed E-state index contributed by atoms with van der Waals surface area (Å²) < 4.78 is 1.74. The molecule has 4 heteroatoms. The second-order valence-electron chi connectivity index (χ2n) is 2.59. The van der Waals surface area contributed by atoms with Crippen LogP contribution in [-0.4, -0.2) is 4.98 Å². The molecule has 2 rings (SSSR count). The van der Waals surface area contributed by atoms with E-state index in [-0.39, 0.29) is 0 Å². The molecule has 0 saturated carbocycles. The summed E-state index contributed by atoms with van der Waals surface area (Å²) in [6, 6.07) is 7.60. The van der Waals surface area contributed by atoms with E-state index < -0.39 is 0 Å². The predicted octanol–water partition coefficient (Wildman–Crippen LogP) is 4.41. The normalized spacial score (nSPS) is 10.7. The second kappa shape index (κ2) is 3.56. The molecule has 1 aromatic heterocycles. The number of hydrogen-bond acceptors (Lipinski definition) is 1. The van der Waals surface area contributed by atoms with E-state index in [0.29, 0.717) is 5.02 Å². The number of rotatable bonds is 0. The topological polar surface area (TPSA) is 12.9 Å². The molecule has 0 N–H and O–H groups in total. The molecule has 1 nitrogen and oxygen atoms in total. The lowest BCUT2D eigenvalue weighted by atomic mass is 10.2. The van der Waals surface area contributed by atoms with Gasteiger partial charge in [-0.05, 0) is 50.1 Å². The van der Waals surface area contributed by atoms with Gasteiger partial charge < -0.3 is 0 Å². The molecule has 1 heterocycles. The van der Waals surface area contributed by atoms with Crippen molar-refractivity contribution in [2.45, 2.75) is 0 Å². The van der Waals surface area contributed by atoms with E-state index >= 15 is 0 Å². The number of benzene rings is 1. The summed E-state index contributed by atoms with van der Waals surface area (Å²) in [5, 5.41) is 1.74. The van der Waals surface area contributed by atoms with Gasteiger partial charge in [-0.3, -0.25) is 0 Å². The van der Waals surface area contributed by atoms with E-state index in [1.165, 1.54) is 0 Å². The van der Waals surface area contributed by atoms with Crippen LogP contribution in [0.25, 0.3) is 10.9 Å². The van der Waals surface area contributed by atoms with Gasteiger partial charge in [0.2, 0.25) is 0 Å².